The number of carbonyl (C=O) groups is 1. The first-order chi connectivity index (χ1) is 11.2. The minimum Gasteiger partial charge on any atom is -0.478 e. The first kappa shape index (κ1) is 22.1. The van der Waals surface area contributed by atoms with Gasteiger partial charge in [-0.15, -0.1) is 11.8 Å². The zero-order valence-corrected chi connectivity index (χ0v) is 14.9. The molecule has 0 aromatic heterocycles. The summed E-state index contributed by atoms with van der Waals surface area (Å²) in [4.78, 5) is 10.9. The number of halogens is 3. The minimum absolute atomic E-state index is 0.257. The summed E-state index contributed by atoms with van der Waals surface area (Å²) in [6.07, 6.45) is 4.65. The molecule has 1 N–H and O–H groups in total. The normalized spacial score (nSPS) is 11.6. The Balaban J connectivity index is 0.00000163. The van der Waals surface area contributed by atoms with Crippen molar-refractivity contribution in [2.45, 2.75) is 32.1 Å². The summed E-state index contributed by atoms with van der Waals surface area (Å²) in [5.74, 6) is -4.00. The molecule has 0 saturated carbocycles. The van der Waals surface area contributed by atoms with Crippen molar-refractivity contribution in [1.82, 2.24) is 0 Å². The SMILES string of the molecule is C=C(/C=C\C(F)=C(/C)c1c(F)cc(SC)cc1F)C(=O)O.CCC. The van der Waals surface area contributed by atoms with E-state index in [9.17, 15) is 18.0 Å². The molecule has 0 spiro atoms. The molecule has 0 fully saturated rings. The number of carboxylic acid groups (broad SMARTS) is 1. The maximum atomic E-state index is 13.9. The van der Waals surface area contributed by atoms with Crippen molar-refractivity contribution in [3.63, 3.8) is 0 Å². The van der Waals surface area contributed by atoms with Crippen molar-refractivity contribution >= 4 is 23.3 Å². The average molecular weight is 358 g/mol. The highest BCUT2D eigenvalue weighted by Crippen LogP contribution is 2.29. The van der Waals surface area contributed by atoms with Crippen LogP contribution in [0, 0.1) is 11.6 Å². The Bertz CT molecular complexity index is 641. The number of hydrogen-bond acceptors (Lipinski definition) is 2. The van der Waals surface area contributed by atoms with Gasteiger partial charge in [0.1, 0.15) is 17.5 Å². The number of carboxylic acids is 1. The summed E-state index contributed by atoms with van der Waals surface area (Å²) < 4.78 is 41.6. The number of benzene rings is 1. The molecule has 0 aliphatic rings. The second kappa shape index (κ2) is 10.8. The fourth-order valence-corrected chi connectivity index (χ4v) is 1.96. The highest BCUT2D eigenvalue weighted by atomic mass is 32.2. The molecule has 0 amide bonds. The molecule has 24 heavy (non-hydrogen) atoms. The largest absolute Gasteiger partial charge is 0.478 e. The molecule has 2 nitrogen and oxygen atoms in total. The highest BCUT2D eigenvalue weighted by molar-refractivity contribution is 7.98. The van der Waals surface area contributed by atoms with E-state index in [-0.39, 0.29) is 11.1 Å². The predicted octanol–water partition coefficient (Wildman–Crippen LogP) is 6.00. The Morgan fingerprint density at radius 1 is 1.25 bits per heavy atom. The summed E-state index contributed by atoms with van der Waals surface area (Å²) in [6, 6.07) is 2.22. The second-order valence-corrected chi connectivity index (χ2v) is 5.69. The molecule has 0 aliphatic heterocycles. The van der Waals surface area contributed by atoms with Crippen LogP contribution in [0.3, 0.4) is 0 Å². The van der Waals surface area contributed by atoms with E-state index < -0.39 is 29.0 Å². The van der Waals surface area contributed by atoms with E-state index >= 15 is 0 Å². The van der Waals surface area contributed by atoms with Crippen LogP contribution in [-0.2, 0) is 4.79 Å². The van der Waals surface area contributed by atoms with Crippen LogP contribution in [-0.4, -0.2) is 17.3 Å². The Morgan fingerprint density at radius 2 is 1.71 bits per heavy atom. The predicted molar refractivity (Wildman–Crippen MR) is 93.7 cm³/mol. The third kappa shape index (κ3) is 6.66. The van der Waals surface area contributed by atoms with E-state index in [0.717, 1.165) is 36.0 Å². The second-order valence-electron chi connectivity index (χ2n) is 4.81. The summed E-state index contributed by atoms with van der Waals surface area (Å²) in [5.41, 5.74) is -1.07. The summed E-state index contributed by atoms with van der Waals surface area (Å²) in [5, 5.41) is 8.58. The molecular weight excluding hydrogens is 337 g/mol. The van der Waals surface area contributed by atoms with Gasteiger partial charge >= 0.3 is 5.97 Å². The summed E-state index contributed by atoms with van der Waals surface area (Å²) in [7, 11) is 0. The zero-order chi connectivity index (χ0) is 18.9. The van der Waals surface area contributed by atoms with Gasteiger partial charge < -0.3 is 5.11 Å². The van der Waals surface area contributed by atoms with Crippen LogP contribution in [0.5, 0.6) is 0 Å². The molecular formula is C18H21F3O2S. The quantitative estimate of drug-likeness (QED) is 0.398. The lowest BCUT2D eigenvalue weighted by atomic mass is 10.0. The van der Waals surface area contributed by atoms with Crippen LogP contribution >= 0.6 is 11.8 Å². The molecule has 0 unspecified atom stereocenters. The van der Waals surface area contributed by atoms with Crippen LogP contribution in [0.15, 0.2) is 47.2 Å². The number of thioether (sulfide) groups is 1. The topological polar surface area (TPSA) is 37.3 Å². The summed E-state index contributed by atoms with van der Waals surface area (Å²) in [6.45, 7) is 8.65. The van der Waals surface area contributed by atoms with Crippen molar-refractivity contribution in [1.29, 1.82) is 0 Å². The van der Waals surface area contributed by atoms with Gasteiger partial charge in [0.2, 0.25) is 0 Å². The Morgan fingerprint density at radius 3 is 2.08 bits per heavy atom. The Hall–Kier alpha value is -1.95. The molecule has 0 saturated heterocycles. The fraction of sp³-hybridized carbons (Fsp3) is 0.278. The van der Waals surface area contributed by atoms with Gasteiger partial charge in [-0.3, -0.25) is 0 Å². The van der Waals surface area contributed by atoms with E-state index in [1.807, 2.05) is 0 Å². The lowest BCUT2D eigenvalue weighted by Gasteiger charge is -2.08. The third-order valence-corrected chi connectivity index (χ3v) is 3.40. The maximum Gasteiger partial charge on any atom is 0.335 e. The zero-order valence-electron chi connectivity index (χ0n) is 14.1. The van der Waals surface area contributed by atoms with Crippen molar-refractivity contribution in [3.05, 3.63) is 59.5 Å². The lowest BCUT2D eigenvalue weighted by molar-refractivity contribution is -0.132. The highest BCUT2D eigenvalue weighted by Gasteiger charge is 2.15. The van der Waals surface area contributed by atoms with Gasteiger partial charge in [-0.05, 0) is 43.0 Å². The van der Waals surface area contributed by atoms with Crippen molar-refractivity contribution in [2.24, 2.45) is 0 Å². The molecule has 0 radical (unpaired) electrons. The van der Waals surface area contributed by atoms with E-state index in [0.29, 0.717) is 4.90 Å². The monoisotopic (exact) mass is 358 g/mol. The van der Waals surface area contributed by atoms with Crippen LogP contribution in [0.25, 0.3) is 5.57 Å². The van der Waals surface area contributed by atoms with E-state index in [4.69, 9.17) is 5.11 Å². The molecule has 0 aliphatic carbocycles. The fourth-order valence-electron chi connectivity index (χ4n) is 1.52. The number of hydrogen-bond donors (Lipinski definition) is 1. The van der Waals surface area contributed by atoms with Gasteiger partial charge in [-0.2, -0.15) is 0 Å². The van der Waals surface area contributed by atoms with Crippen molar-refractivity contribution in [2.75, 3.05) is 6.26 Å². The van der Waals surface area contributed by atoms with Gasteiger partial charge in [0, 0.05) is 4.90 Å². The standard InChI is InChI=1S/C15H13F3O2S.C3H8/c1-8(15(19)20)4-5-11(16)9(2)14-12(17)6-10(21-3)7-13(14)18;1-3-2/h4-7H,1H2,2-3H3,(H,19,20);3H2,1-2H3/b5-4-,11-9-;. The van der Waals surface area contributed by atoms with E-state index in [1.165, 1.54) is 13.3 Å². The van der Waals surface area contributed by atoms with Gasteiger partial charge in [0.25, 0.3) is 0 Å². The van der Waals surface area contributed by atoms with Crippen LogP contribution < -0.4 is 0 Å². The smallest absolute Gasteiger partial charge is 0.335 e. The maximum absolute atomic E-state index is 13.9. The third-order valence-electron chi connectivity index (χ3n) is 2.69. The van der Waals surface area contributed by atoms with Crippen molar-refractivity contribution in [3.8, 4) is 0 Å². The average Bonchev–Trinajstić information content (AvgIpc) is 2.51. The minimum atomic E-state index is -1.31. The number of allylic oxidation sites excluding steroid dienone is 3. The molecule has 1 rings (SSSR count). The molecule has 0 bridgehead atoms. The van der Waals surface area contributed by atoms with Gasteiger partial charge in [-0.1, -0.05) is 26.8 Å². The van der Waals surface area contributed by atoms with Crippen LogP contribution in [0.4, 0.5) is 13.2 Å². The Kier molecular flexibility index (Phi) is 9.88. The lowest BCUT2D eigenvalue weighted by Crippen LogP contribution is -1.96. The van der Waals surface area contributed by atoms with Gasteiger partial charge in [0.05, 0.1) is 11.1 Å². The van der Waals surface area contributed by atoms with Crippen LogP contribution in [0.1, 0.15) is 32.8 Å². The first-order valence-electron chi connectivity index (χ1n) is 7.19. The van der Waals surface area contributed by atoms with Gasteiger partial charge in [0.15, 0.2) is 0 Å². The first-order valence-corrected chi connectivity index (χ1v) is 8.41. The molecule has 0 atom stereocenters. The summed E-state index contributed by atoms with van der Waals surface area (Å²) >= 11 is 1.16. The molecule has 0 heterocycles. The number of rotatable bonds is 5. The van der Waals surface area contributed by atoms with E-state index in [2.05, 4.69) is 20.4 Å². The molecule has 132 valence electrons. The van der Waals surface area contributed by atoms with Crippen LogP contribution in [0.2, 0.25) is 0 Å². The van der Waals surface area contributed by atoms with E-state index in [1.54, 1.807) is 6.26 Å². The molecule has 1 aromatic rings. The number of aliphatic carboxylic acids is 1. The molecule has 6 heteroatoms. The van der Waals surface area contributed by atoms with Crippen molar-refractivity contribution < 1.29 is 23.1 Å². The van der Waals surface area contributed by atoms with Gasteiger partial charge in [-0.25, -0.2) is 18.0 Å². The Labute approximate surface area is 144 Å². The molecule has 1 aromatic carbocycles.